The number of hydrogen-bond acceptors (Lipinski definition) is 3. The highest BCUT2D eigenvalue weighted by molar-refractivity contribution is 4.64. The molecule has 0 aromatic rings. The highest BCUT2D eigenvalue weighted by Crippen LogP contribution is 2.14. The van der Waals surface area contributed by atoms with Crippen LogP contribution in [0.2, 0.25) is 0 Å². The third-order valence-corrected chi connectivity index (χ3v) is 1.50. The second kappa shape index (κ2) is 5.51. The fourth-order valence-electron chi connectivity index (χ4n) is 0.823. The van der Waals surface area contributed by atoms with Crippen molar-refractivity contribution in [2.75, 3.05) is 19.7 Å². The quantitative estimate of drug-likeness (QED) is 0.646. The molecule has 0 saturated carbocycles. The summed E-state index contributed by atoms with van der Waals surface area (Å²) in [4.78, 5) is 0. The maximum atomic E-state index is 5.59. The van der Waals surface area contributed by atoms with Crippen LogP contribution in [0.15, 0.2) is 0 Å². The molecule has 0 aliphatic rings. The molecular formula is C9H22N2O. The van der Waals surface area contributed by atoms with Gasteiger partial charge in [0.2, 0.25) is 0 Å². The summed E-state index contributed by atoms with van der Waals surface area (Å²) in [5.41, 5.74) is 11.1. The zero-order chi connectivity index (χ0) is 9.61. The Balaban J connectivity index is 3.58. The summed E-state index contributed by atoms with van der Waals surface area (Å²) in [6.45, 7) is 8.38. The SMILES string of the molecule is CC(C)(C)CO[C@H](CN)CCN. The Morgan fingerprint density at radius 2 is 1.83 bits per heavy atom. The van der Waals surface area contributed by atoms with E-state index in [-0.39, 0.29) is 11.5 Å². The Hall–Kier alpha value is -0.120. The second-order valence-electron chi connectivity index (χ2n) is 4.31. The lowest BCUT2D eigenvalue weighted by Crippen LogP contribution is -2.30. The topological polar surface area (TPSA) is 61.3 Å². The van der Waals surface area contributed by atoms with Crippen LogP contribution in [0, 0.1) is 5.41 Å². The average molecular weight is 174 g/mol. The van der Waals surface area contributed by atoms with E-state index in [1.54, 1.807) is 0 Å². The Labute approximate surface area is 75.5 Å². The minimum Gasteiger partial charge on any atom is -0.376 e. The molecule has 4 N–H and O–H groups in total. The molecule has 0 rings (SSSR count). The molecule has 0 fully saturated rings. The van der Waals surface area contributed by atoms with Gasteiger partial charge in [-0.2, -0.15) is 0 Å². The predicted molar refractivity (Wildman–Crippen MR) is 51.9 cm³/mol. The summed E-state index contributed by atoms with van der Waals surface area (Å²) >= 11 is 0. The monoisotopic (exact) mass is 174 g/mol. The number of rotatable bonds is 5. The maximum Gasteiger partial charge on any atom is 0.0709 e. The summed E-state index contributed by atoms with van der Waals surface area (Å²) in [5, 5.41) is 0. The third kappa shape index (κ3) is 6.58. The standard InChI is InChI=1S/C9H22N2O/c1-9(2,3)7-12-8(6-11)4-5-10/h8H,4-7,10-11H2,1-3H3/t8-/m0/s1. The lowest BCUT2D eigenvalue weighted by molar-refractivity contribution is 0.0106. The van der Waals surface area contributed by atoms with Crippen molar-refractivity contribution in [1.82, 2.24) is 0 Å². The molecule has 3 nitrogen and oxygen atoms in total. The van der Waals surface area contributed by atoms with Crippen LogP contribution in [0.5, 0.6) is 0 Å². The van der Waals surface area contributed by atoms with Crippen LogP contribution in [0.1, 0.15) is 27.2 Å². The summed E-state index contributed by atoms with van der Waals surface area (Å²) in [6, 6.07) is 0. The molecule has 0 aliphatic heterocycles. The average Bonchev–Trinajstić information content (AvgIpc) is 1.96. The molecule has 0 unspecified atom stereocenters. The van der Waals surface area contributed by atoms with Gasteiger partial charge in [0.15, 0.2) is 0 Å². The molecule has 0 spiro atoms. The van der Waals surface area contributed by atoms with E-state index in [2.05, 4.69) is 20.8 Å². The van der Waals surface area contributed by atoms with Gasteiger partial charge in [0, 0.05) is 6.54 Å². The molecule has 0 aliphatic carbocycles. The van der Waals surface area contributed by atoms with Crippen LogP contribution in [0.3, 0.4) is 0 Å². The molecular weight excluding hydrogens is 152 g/mol. The number of nitrogens with two attached hydrogens (primary N) is 2. The molecule has 0 aromatic carbocycles. The van der Waals surface area contributed by atoms with Crippen LogP contribution in [-0.4, -0.2) is 25.8 Å². The van der Waals surface area contributed by atoms with Crippen LogP contribution in [0.4, 0.5) is 0 Å². The zero-order valence-corrected chi connectivity index (χ0v) is 8.47. The first-order valence-corrected chi connectivity index (χ1v) is 4.51. The van der Waals surface area contributed by atoms with Gasteiger partial charge in [0.1, 0.15) is 0 Å². The van der Waals surface area contributed by atoms with Crippen molar-refractivity contribution < 1.29 is 4.74 Å². The zero-order valence-electron chi connectivity index (χ0n) is 8.47. The molecule has 74 valence electrons. The van der Waals surface area contributed by atoms with Gasteiger partial charge in [-0.1, -0.05) is 20.8 Å². The first-order chi connectivity index (χ1) is 5.49. The molecule has 0 radical (unpaired) electrons. The van der Waals surface area contributed by atoms with Gasteiger partial charge >= 0.3 is 0 Å². The lowest BCUT2D eigenvalue weighted by Gasteiger charge is -2.22. The van der Waals surface area contributed by atoms with Gasteiger partial charge in [-0.3, -0.25) is 0 Å². The molecule has 0 aromatic heterocycles. The minimum atomic E-state index is 0.134. The lowest BCUT2D eigenvalue weighted by atomic mass is 9.98. The first-order valence-electron chi connectivity index (χ1n) is 4.51. The maximum absolute atomic E-state index is 5.59. The van der Waals surface area contributed by atoms with E-state index in [1.165, 1.54) is 0 Å². The minimum absolute atomic E-state index is 0.134. The van der Waals surface area contributed by atoms with Crippen LogP contribution in [-0.2, 0) is 4.74 Å². The van der Waals surface area contributed by atoms with Gasteiger partial charge in [-0.15, -0.1) is 0 Å². The van der Waals surface area contributed by atoms with Crippen molar-refractivity contribution in [1.29, 1.82) is 0 Å². The summed E-state index contributed by atoms with van der Waals surface area (Å²) < 4.78 is 5.59. The first kappa shape index (κ1) is 11.9. The molecule has 0 bridgehead atoms. The van der Waals surface area contributed by atoms with Crippen molar-refractivity contribution >= 4 is 0 Å². The van der Waals surface area contributed by atoms with Crippen LogP contribution >= 0.6 is 0 Å². The van der Waals surface area contributed by atoms with E-state index in [1.807, 2.05) is 0 Å². The largest absolute Gasteiger partial charge is 0.376 e. The number of hydrogen-bond donors (Lipinski definition) is 2. The van der Waals surface area contributed by atoms with E-state index in [0.717, 1.165) is 13.0 Å². The fourth-order valence-corrected chi connectivity index (χ4v) is 0.823. The molecule has 1 atom stereocenters. The molecule has 0 amide bonds. The Morgan fingerprint density at radius 3 is 2.17 bits per heavy atom. The molecule has 12 heavy (non-hydrogen) atoms. The van der Waals surface area contributed by atoms with Gasteiger partial charge in [0.05, 0.1) is 12.7 Å². The Bertz CT molecular complexity index is 110. The van der Waals surface area contributed by atoms with E-state index in [4.69, 9.17) is 16.2 Å². The smallest absolute Gasteiger partial charge is 0.0709 e. The van der Waals surface area contributed by atoms with Gasteiger partial charge in [-0.25, -0.2) is 0 Å². The van der Waals surface area contributed by atoms with Crippen LogP contribution < -0.4 is 11.5 Å². The Morgan fingerprint density at radius 1 is 1.25 bits per heavy atom. The van der Waals surface area contributed by atoms with Crippen LogP contribution in [0.25, 0.3) is 0 Å². The Kier molecular flexibility index (Phi) is 5.46. The van der Waals surface area contributed by atoms with Crippen molar-refractivity contribution in [2.24, 2.45) is 16.9 Å². The summed E-state index contributed by atoms with van der Waals surface area (Å²) in [6.07, 6.45) is 0.987. The van der Waals surface area contributed by atoms with Crippen molar-refractivity contribution in [3.8, 4) is 0 Å². The van der Waals surface area contributed by atoms with E-state index in [9.17, 15) is 0 Å². The third-order valence-electron chi connectivity index (χ3n) is 1.50. The number of ether oxygens (including phenoxy) is 1. The fraction of sp³-hybridized carbons (Fsp3) is 1.00. The van der Waals surface area contributed by atoms with E-state index >= 15 is 0 Å². The predicted octanol–water partition coefficient (Wildman–Crippen LogP) is 0.725. The summed E-state index contributed by atoms with van der Waals surface area (Å²) in [5.74, 6) is 0. The highest BCUT2D eigenvalue weighted by atomic mass is 16.5. The van der Waals surface area contributed by atoms with E-state index < -0.39 is 0 Å². The molecule has 0 saturated heterocycles. The van der Waals surface area contributed by atoms with Gasteiger partial charge < -0.3 is 16.2 Å². The van der Waals surface area contributed by atoms with Gasteiger partial charge in [0.25, 0.3) is 0 Å². The van der Waals surface area contributed by atoms with Crippen molar-refractivity contribution in [3.05, 3.63) is 0 Å². The van der Waals surface area contributed by atoms with E-state index in [0.29, 0.717) is 13.1 Å². The highest BCUT2D eigenvalue weighted by Gasteiger charge is 2.13. The van der Waals surface area contributed by atoms with Crippen molar-refractivity contribution in [2.45, 2.75) is 33.3 Å². The van der Waals surface area contributed by atoms with Crippen molar-refractivity contribution in [3.63, 3.8) is 0 Å². The van der Waals surface area contributed by atoms with Gasteiger partial charge in [-0.05, 0) is 18.4 Å². The molecule has 0 heterocycles. The molecule has 3 heteroatoms. The summed E-state index contributed by atoms with van der Waals surface area (Å²) in [7, 11) is 0. The second-order valence-corrected chi connectivity index (χ2v) is 4.31. The normalized spacial score (nSPS) is 14.8.